The molecule has 2 aromatic rings. The normalized spacial score (nSPS) is 18.7. The first-order valence-corrected chi connectivity index (χ1v) is 10.6. The Morgan fingerprint density at radius 3 is 2.63 bits per heavy atom. The van der Waals surface area contributed by atoms with Crippen molar-refractivity contribution < 1.29 is 9.59 Å². The number of benzene rings is 2. The summed E-state index contributed by atoms with van der Waals surface area (Å²) < 4.78 is 0. The Balaban J connectivity index is 1.61. The van der Waals surface area contributed by atoms with E-state index in [0.29, 0.717) is 13.0 Å². The Morgan fingerprint density at radius 1 is 1.07 bits per heavy atom. The first-order valence-electron chi connectivity index (χ1n) is 10.6. The van der Waals surface area contributed by atoms with Gasteiger partial charge in [0.2, 0.25) is 6.41 Å². The third-order valence-electron chi connectivity index (χ3n) is 5.99. The van der Waals surface area contributed by atoms with Crippen LogP contribution >= 0.6 is 0 Å². The van der Waals surface area contributed by atoms with Crippen LogP contribution in [0.5, 0.6) is 0 Å². The second kappa shape index (κ2) is 8.73. The minimum absolute atomic E-state index is 0.132. The summed E-state index contributed by atoms with van der Waals surface area (Å²) in [6, 6.07) is 12.3. The number of amides is 2. The number of likely N-dealkylation sites (N-methyl/N-ethyl adjacent to an activating group) is 1. The van der Waals surface area contributed by atoms with Gasteiger partial charge in [-0.3, -0.25) is 9.59 Å². The Labute approximate surface area is 177 Å². The molecule has 2 aromatic carbocycles. The van der Waals surface area contributed by atoms with Crippen LogP contribution in [0.15, 0.2) is 41.5 Å². The molecule has 0 atom stereocenters. The molecule has 158 valence electrons. The predicted octanol–water partition coefficient (Wildman–Crippen LogP) is 2.62. The lowest BCUT2D eigenvalue weighted by Gasteiger charge is -2.36. The number of piperidine rings is 1. The van der Waals surface area contributed by atoms with E-state index < -0.39 is 0 Å². The summed E-state index contributed by atoms with van der Waals surface area (Å²) in [5.74, 6) is 0.984. The smallest absolute Gasteiger partial charge is 0.253 e. The number of amidine groups is 1. The molecule has 0 unspecified atom stereocenters. The van der Waals surface area contributed by atoms with Crippen molar-refractivity contribution in [2.45, 2.75) is 19.3 Å². The minimum atomic E-state index is 0.132. The lowest BCUT2D eigenvalue weighted by atomic mass is 10.0. The van der Waals surface area contributed by atoms with Crippen LogP contribution < -0.4 is 4.90 Å². The fraction of sp³-hybridized carbons (Fsp3) is 0.435. The molecule has 30 heavy (non-hydrogen) atoms. The van der Waals surface area contributed by atoms with Crippen LogP contribution in [-0.4, -0.2) is 79.8 Å². The Bertz CT molecular complexity index is 967. The van der Waals surface area contributed by atoms with Gasteiger partial charge in [0.05, 0.1) is 6.54 Å². The topological polar surface area (TPSA) is 59.5 Å². The lowest BCUT2D eigenvalue weighted by Crippen LogP contribution is -2.49. The first kappa shape index (κ1) is 20.2. The number of nitrogens with zero attached hydrogens (tertiary/aromatic N) is 5. The summed E-state index contributed by atoms with van der Waals surface area (Å²) in [4.78, 5) is 30.2. The van der Waals surface area contributed by atoms with E-state index in [-0.39, 0.29) is 5.91 Å². The molecule has 2 saturated heterocycles. The average molecular weight is 408 g/mol. The van der Waals surface area contributed by atoms with Crippen LogP contribution in [0.2, 0.25) is 0 Å². The monoisotopic (exact) mass is 407 g/mol. The quantitative estimate of drug-likeness (QED) is 0.578. The molecule has 2 aliphatic heterocycles. The molecule has 2 amide bonds. The van der Waals surface area contributed by atoms with Crippen molar-refractivity contribution in [2.75, 3.05) is 51.7 Å². The van der Waals surface area contributed by atoms with Gasteiger partial charge in [0.25, 0.3) is 5.91 Å². The maximum atomic E-state index is 12.9. The van der Waals surface area contributed by atoms with Gasteiger partial charge in [0, 0.05) is 56.9 Å². The number of rotatable bonds is 4. The van der Waals surface area contributed by atoms with Gasteiger partial charge < -0.3 is 14.7 Å². The molecule has 4 rings (SSSR count). The number of likely N-dealkylation sites (tertiary alicyclic amines) is 1. The maximum Gasteiger partial charge on any atom is 0.253 e. The molecule has 2 aliphatic rings. The molecule has 0 aliphatic carbocycles. The number of hydrazone groups is 1. The van der Waals surface area contributed by atoms with Crippen molar-refractivity contribution in [3.05, 3.63) is 42.0 Å². The van der Waals surface area contributed by atoms with Gasteiger partial charge in [0.15, 0.2) is 0 Å². The summed E-state index contributed by atoms with van der Waals surface area (Å²) in [5.41, 5.74) is 1.88. The molecular weight excluding hydrogens is 378 g/mol. The number of anilines is 1. The summed E-state index contributed by atoms with van der Waals surface area (Å²) in [7, 11) is 3.64. The second-order valence-corrected chi connectivity index (χ2v) is 8.10. The summed E-state index contributed by atoms with van der Waals surface area (Å²) in [6.07, 6.45) is 4.11. The molecule has 7 heteroatoms. The Kier molecular flexibility index (Phi) is 5.88. The number of piperazine rings is 1. The molecule has 2 heterocycles. The lowest BCUT2D eigenvalue weighted by molar-refractivity contribution is -0.117. The van der Waals surface area contributed by atoms with Gasteiger partial charge in [-0.1, -0.05) is 18.2 Å². The van der Waals surface area contributed by atoms with Gasteiger partial charge in [-0.15, -0.1) is 0 Å². The number of carbonyl (C=O) groups excluding carboxylic acids is 2. The van der Waals surface area contributed by atoms with Crippen LogP contribution in [0.1, 0.15) is 29.6 Å². The molecule has 2 fully saturated rings. The van der Waals surface area contributed by atoms with Gasteiger partial charge in [-0.05, 0) is 42.8 Å². The summed E-state index contributed by atoms with van der Waals surface area (Å²) in [6.45, 7) is 4.04. The number of carbonyl (C=O) groups is 2. The summed E-state index contributed by atoms with van der Waals surface area (Å²) >= 11 is 0. The van der Waals surface area contributed by atoms with Crippen molar-refractivity contribution in [1.82, 2.24) is 14.8 Å². The standard InChI is InChI=1S/C23H29N5O2/c1-25-13-14-28(16-22(25)24-26(2)17-29)21-8-6-7-18-15-19(9-10-20(18)21)23(30)27-11-4-3-5-12-27/h6-10,15,17H,3-5,11-14,16H2,1-2H3/b24-22-. The van der Waals surface area contributed by atoms with Gasteiger partial charge in [0.1, 0.15) is 5.84 Å². The molecule has 0 saturated carbocycles. The highest BCUT2D eigenvalue weighted by molar-refractivity contribution is 6.02. The molecule has 7 nitrogen and oxygen atoms in total. The van der Waals surface area contributed by atoms with Crippen LogP contribution in [0, 0.1) is 0 Å². The van der Waals surface area contributed by atoms with Crippen LogP contribution in [-0.2, 0) is 4.79 Å². The van der Waals surface area contributed by atoms with E-state index in [4.69, 9.17) is 0 Å². The fourth-order valence-corrected chi connectivity index (χ4v) is 4.24. The van der Waals surface area contributed by atoms with Crippen molar-refractivity contribution in [2.24, 2.45) is 5.10 Å². The summed E-state index contributed by atoms with van der Waals surface area (Å²) in [5, 5.41) is 7.89. The highest BCUT2D eigenvalue weighted by atomic mass is 16.2. The molecule has 0 spiro atoms. The molecule has 0 radical (unpaired) electrons. The van der Waals surface area contributed by atoms with Crippen LogP contribution in [0.4, 0.5) is 5.69 Å². The van der Waals surface area contributed by atoms with Crippen molar-refractivity contribution in [1.29, 1.82) is 0 Å². The first-order chi connectivity index (χ1) is 14.6. The van der Waals surface area contributed by atoms with E-state index in [0.717, 1.165) is 66.9 Å². The molecule has 0 aromatic heterocycles. The van der Waals surface area contributed by atoms with Gasteiger partial charge >= 0.3 is 0 Å². The largest absolute Gasteiger partial charge is 0.362 e. The minimum Gasteiger partial charge on any atom is -0.362 e. The van der Waals surface area contributed by atoms with Crippen LogP contribution in [0.25, 0.3) is 10.8 Å². The van der Waals surface area contributed by atoms with Gasteiger partial charge in [-0.2, -0.15) is 5.10 Å². The van der Waals surface area contributed by atoms with E-state index >= 15 is 0 Å². The zero-order valence-electron chi connectivity index (χ0n) is 17.8. The van der Waals surface area contributed by atoms with E-state index in [1.807, 2.05) is 30.1 Å². The SMILES string of the molecule is CN(C=O)/N=C1/CN(c2cccc3cc(C(=O)N4CCCCC4)ccc23)CCN1C. The number of hydrogen-bond donors (Lipinski definition) is 0. The Morgan fingerprint density at radius 2 is 1.87 bits per heavy atom. The van der Waals surface area contributed by atoms with Crippen molar-refractivity contribution >= 4 is 34.6 Å². The van der Waals surface area contributed by atoms with Gasteiger partial charge in [-0.25, -0.2) is 5.01 Å². The number of hydrogen-bond acceptors (Lipinski definition) is 4. The van der Waals surface area contributed by atoms with E-state index in [1.165, 1.54) is 11.4 Å². The van der Waals surface area contributed by atoms with Crippen LogP contribution in [0.3, 0.4) is 0 Å². The third-order valence-corrected chi connectivity index (χ3v) is 5.99. The molecule has 0 N–H and O–H groups in total. The fourth-order valence-electron chi connectivity index (χ4n) is 4.24. The number of fused-ring (bicyclic) bond motifs is 1. The van der Waals surface area contributed by atoms with E-state index in [9.17, 15) is 9.59 Å². The van der Waals surface area contributed by atoms with Crippen molar-refractivity contribution in [3.8, 4) is 0 Å². The maximum absolute atomic E-state index is 12.9. The molecule has 0 bridgehead atoms. The predicted molar refractivity (Wildman–Crippen MR) is 120 cm³/mol. The average Bonchev–Trinajstić information content (AvgIpc) is 2.79. The zero-order chi connectivity index (χ0) is 21.1. The van der Waals surface area contributed by atoms with E-state index in [1.54, 1.807) is 7.05 Å². The highest BCUT2D eigenvalue weighted by Gasteiger charge is 2.23. The Hall–Kier alpha value is -3.09. The van der Waals surface area contributed by atoms with Crippen molar-refractivity contribution in [3.63, 3.8) is 0 Å². The molecular formula is C23H29N5O2. The van der Waals surface area contributed by atoms with E-state index in [2.05, 4.69) is 33.1 Å². The second-order valence-electron chi connectivity index (χ2n) is 8.10. The zero-order valence-corrected chi connectivity index (χ0v) is 17.8. The third kappa shape index (κ3) is 4.10. The highest BCUT2D eigenvalue weighted by Crippen LogP contribution is 2.29.